The number of anilines is 2. The minimum Gasteiger partial charge on any atom is -0.367 e. The highest BCUT2D eigenvalue weighted by molar-refractivity contribution is 5.89. The van der Waals surface area contributed by atoms with Gasteiger partial charge in [-0.15, -0.1) is 0 Å². The maximum Gasteiger partial charge on any atom is 0.225 e. The number of rotatable bonds is 5. The molecule has 0 aliphatic carbocycles. The van der Waals surface area contributed by atoms with Crippen LogP contribution in [0.1, 0.15) is 19.7 Å². The third-order valence-corrected chi connectivity index (χ3v) is 4.65. The van der Waals surface area contributed by atoms with Gasteiger partial charge in [-0.25, -0.2) is 19.9 Å². The standard InChI is InChI=1S/C20H25N7/c1-15(2)23-19-16-6-3-4-7-17(16)24-18(25-19)14-26-10-12-27(13-11-26)20-21-8-5-9-22-20/h3-9,15H,10-14H2,1-2H3,(H,23,24,25). The molecule has 140 valence electrons. The van der Waals surface area contributed by atoms with Gasteiger partial charge in [0.15, 0.2) is 0 Å². The summed E-state index contributed by atoms with van der Waals surface area (Å²) < 4.78 is 0. The summed E-state index contributed by atoms with van der Waals surface area (Å²) in [5, 5.41) is 4.53. The molecule has 7 nitrogen and oxygen atoms in total. The summed E-state index contributed by atoms with van der Waals surface area (Å²) in [5.41, 5.74) is 0.988. The van der Waals surface area contributed by atoms with Gasteiger partial charge in [-0.05, 0) is 32.0 Å². The number of nitrogens with zero attached hydrogens (tertiary/aromatic N) is 6. The van der Waals surface area contributed by atoms with Crippen LogP contribution in [0.25, 0.3) is 10.9 Å². The van der Waals surface area contributed by atoms with E-state index in [2.05, 4.69) is 51.1 Å². The SMILES string of the molecule is CC(C)Nc1nc(CN2CCN(c3ncccn3)CC2)nc2ccccc12. The van der Waals surface area contributed by atoms with Crippen LogP contribution >= 0.6 is 0 Å². The number of para-hydroxylation sites is 1. The zero-order valence-corrected chi connectivity index (χ0v) is 15.8. The van der Waals surface area contributed by atoms with Gasteiger partial charge in [0.1, 0.15) is 11.6 Å². The van der Waals surface area contributed by atoms with Gasteiger partial charge in [0, 0.05) is 50.0 Å². The average Bonchev–Trinajstić information content (AvgIpc) is 2.69. The average molecular weight is 363 g/mol. The molecule has 4 rings (SSSR count). The third kappa shape index (κ3) is 4.14. The monoisotopic (exact) mass is 363 g/mol. The molecule has 1 aromatic carbocycles. The van der Waals surface area contributed by atoms with Crippen LogP contribution in [0.5, 0.6) is 0 Å². The van der Waals surface area contributed by atoms with E-state index in [9.17, 15) is 0 Å². The van der Waals surface area contributed by atoms with Crippen molar-refractivity contribution >= 4 is 22.7 Å². The molecule has 1 aliphatic rings. The maximum absolute atomic E-state index is 4.81. The predicted molar refractivity (Wildman–Crippen MR) is 108 cm³/mol. The Kier molecular flexibility index (Phi) is 5.11. The number of benzene rings is 1. The lowest BCUT2D eigenvalue weighted by Gasteiger charge is -2.34. The Morgan fingerprint density at radius 1 is 0.963 bits per heavy atom. The lowest BCUT2D eigenvalue weighted by molar-refractivity contribution is 0.243. The van der Waals surface area contributed by atoms with Crippen molar-refractivity contribution in [2.45, 2.75) is 26.4 Å². The number of hydrogen-bond donors (Lipinski definition) is 1. The van der Waals surface area contributed by atoms with Crippen molar-refractivity contribution in [1.29, 1.82) is 0 Å². The van der Waals surface area contributed by atoms with Crippen molar-refractivity contribution in [3.05, 3.63) is 48.5 Å². The zero-order valence-electron chi connectivity index (χ0n) is 15.8. The Balaban J connectivity index is 1.47. The molecule has 0 spiro atoms. The van der Waals surface area contributed by atoms with Crippen LogP contribution in [0.3, 0.4) is 0 Å². The summed E-state index contributed by atoms with van der Waals surface area (Å²) in [6, 6.07) is 10.3. The van der Waals surface area contributed by atoms with Crippen molar-refractivity contribution in [3.63, 3.8) is 0 Å². The predicted octanol–water partition coefficient (Wildman–Crippen LogP) is 2.56. The van der Waals surface area contributed by atoms with E-state index in [-0.39, 0.29) is 0 Å². The smallest absolute Gasteiger partial charge is 0.225 e. The van der Waals surface area contributed by atoms with Crippen LogP contribution in [0, 0.1) is 0 Å². The first-order valence-corrected chi connectivity index (χ1v) is 9.45. The zero-order chi connectivity index (χ0) is 18.6. The Morgan fingerprint density at radius 3 is 2.44 bits per heavy atom. The number of hydrogen-bond acceptors (Lipinski definition) is 7. The van der Waals surface area contributed by atoms with Crippen LogP contribution in [0.4, 0.5) is 11.8 Å². The first-order valence-electron chi connectivity index (χ1n) is 9.45. The van der Waals surface area contributed by atoms with E-state index in [0.29, 0.717) is 6.04 Å². The van der Waals surface area contributed by atoms with E-state index in [4.69, 9.17) is 9.97 Å². The van der Waals surface area contributed by atoms with E-state index >= 15 is 0 Å². The number of aromatic nitrogens is 4. The van der Waals surface area contributed by atoms with Gasteiger partial charge in [0.2, 0.25) is 5.95 Å². The molecule has 27 heavy (non-hydrogen) atoms. The second-order valence-corrected chi connectivity index (χ2v) is 7.12. The van der Waals surface area contributed by atoms with E-state index in [1.807, 2.05) is 18.2 Å². The Hall–Kier alpha value is -2.80. The fourth-order valence-corrected chi connectivity index (χ4v) is 3.34. The highest BCUT2D eigenvalue weighted by atomic mass is 15.3. The summed E-state index contributed by atoms with van der Waals surface area (Å²) in [6.07, 6.45) is 3.59. The van der Waals surface area contributed by atoms with Gasteiger partial charge in [-0.2, -0.15) is 0 Å². The molecule has 1 fully saturated rings. The normalized spacial score (nSPS) is 15.4. The largest absolute Gasteiger partial charge is 0.367 e. The van der Waals surface area contributed by atoms with Crippen LogP contribution < -0.4 is 10.2 Å². The molecule has 0 bridgehead atoms. The van der Waals surface area contributed by atoms with Crippen LogP contribution in [0.15, 0.2) is 42.7 Å². The molecule has 3 heterocycles. The summed E-state index contributed by atoms with van der Waals surface area (Å²) in [4.78, 5) is 22.9. The van der Waals surface area contributed by atoms with Crippen molar-refractivity contribution in [2.24, 2.45) is 0 Å². The fourth-order valence-electron chi connectivity index (χ4n) is 3.34. The molecule has 0 amide bonds. The van der Waals surface area contributed by atoms with E-state index in [0.717, 1.165) is 61.2 Å². The van der Waals surface area contributed by atoms with Gasteiger partial charge in [-0.1, -0.05) is 12.1 Å². The van der Waals surface area contributed by atoms with Gasteiger partial charge in [-0.3, -0.25) is 4.90 Å². The lowest BCUT2D eigenvalue weighted by atomic mass is 10.2. The van der Waals surface area contributed by atoms with Crippen molar-refractivity contribution in [3.8, 4) is 0 Å². The fraction of sp³-hybridized carbons (Fsp3) is 0.400. The summed E-state index contributed by atoms with van der Waals surface area (Å²) in [7, 11) is 0. The molecule has 3 aromatic rings. The van der Waals surface area contributed by atoms with Crippen molar-refractivity contribution in [1.82, 2.24) is 24.8 Å². The van der Waals surface area contributed by atoms with Crippen LogP contribution in [-0.2, 0) is 6.54 Å². The summed E-state index contributed by atoms with van der Waals surface area (Å²) in [6.45, 7) is 8.72. The second kappa shape index (κ2) is 7.84. The summed E-state index contributed by atoms with van der Waals surface area (Å²) >= 11 is 0. The highest BCUT2D eigenvalue weighted by Gasteiger charge is 2.20. The van der Waals surface area contributed by atoms with Crippen molar-refractivity contribution in [2.75, 3.05) is 36.4 Å². The molecular formula is C20H25N7. The molecule has 0 saturated carbocycles. The summed E-state index contributed by atoms with van der Waals surface area (Å²) in [5.74, 6) is 2.59. The minimum atomic E-state index is 0.325. The number of nitrogens with one attached hydrogen (secondary N) is 1. The third-order valence-electron chi connectivity index (χ3n) is 4.65. The van der Waals surface area contributed by atoms with Crippen LogP contribution in [0.2, 0.25) is 0 Å². The highest BCUT2D eigenvalue weighted by Crippen LogP contribution is 2.21. The first kappa shape index (κ1) is 17.6. The quantitative estimate of drug-likeness (QED) is 0.747. The molecule has 2 aromatic heterocycles. The number of piperazine rings is 1. The number of fused-ring (bicyclic) bond motifs is 1. The molecule has 1 N–H and O–H groups in total. The van der Waals surface area contributed by atoms with Crippen LogP contribution in [-0.4, -0.2) is 57.1 Å². The Labute approximate surface area is 159 Å². The van der Waals surface area contributed by atoms with Crippen molar-refractivity contribution < 1.29 is 0 Å². The molecular weight excluding hydrogens is 338 g/mol. The van der Waals surface area contributed by atoms with E-state index < -0.39 is 0 Å². The molecule has 7 heteroatoms. The topological polar surface area (TPSA) is 70.1 Å². The minimum absolute atomic E-state index is 0.325. The second-order valence-electron chi connectivity index (χ2n) is 7.12. The Bertz CT molecular complexity index is 889. The molecule has 0 radical (unpaired) electrons. The molecule has 1 saturated heterocycles. The molecule has 0 atom stereocenters. The maximum atomic E-state index is 4.81. The van der Waals surface area contributed by atoms with E-state index in [1.54, 1.807) is 12.4 Å². The van der Waals surface area contributed by atoms with E-state index in [1.165, 1.54) is 0 Å². The lowest BCUT2D eigenvalue weighted by Crippen LogP contribution is -2.46. The molecule has 1 aliphatic heterocycles. The van der Waals surface area contributed by atoms with Gasteiger partial charge in [0.25, 0.3) is 0 Å². The van der Waals surface area contributed by atoms with Gasteiger partial charge < -0.3 is 10.2 Å². The molecule has 0 unspecified atom stereocenters. The first-order chi connectivity index (χ1) is 13.2. The van der Waals surface area contributed by atoms with Gasteiger partial charge in [0.05, 0.1) is 12.1 Å². The Morgan fingerprint density at radius 2 is 1.70 bits per heavy atom. The van der Waals surface area contributed by atoms with Gasteiger partial charge >= 0.3 is 0 Å².